The van der Waals surface area contributed by atoms with E-state index in [1.807, 2.05) is 0 Å². The van der Waals surface area contributed by atoms with Gasteiger partial charge in [0.1, 0.15) is 22.1 Å². The predicted molar refractivity (Wildman–Crippen MR) is 209 cm³/mol. The van der Waals surface area contributed by atoms with E-state index in [9.17, 15) is 45.6 Å². The molecule has 0 amide bonds. The number of thiophene rings is 2. The Kier molecular flexibility index (Phi) is 9.95. The Balaban J connectivity index is 0.986. The zero-order valence-corrected chi connectivity index (χ0v) is 32.6. The summed E-state index contributed by atoms with van der Waals surface area (Å²) in [6, 6.07) is 16.5. The first-order valence-corrected chi connectivity index (χ1v) is 19.7. The molecule has 0 fully saturated rings. The van der Waals surface area contributed by atoms with E-state index in [1.165, 1.54) is 34.8 Å². The van der Waals surface area contributed by atoms with Gasteiger partial charge in [0, 0.05) is 32.0 Å². The van der Waals surface area contributed by atoms with E-state index in [-0.39, 0.29) is 33.9 Å². The van der Waals surface area contributed by atoms with E-state index in [0.29, 0.717) is 41.7 Å². The Hall–Kier alpha value is -7.18. The second kappa shape index (κ2) is 15.4. The lowest BCUT2D eigenvalue weighted by atomic mass is 10.0. The van der Waals surface area contributed by atoms with Crippen LogP contribution in [0.15, 0.2) is 52.9 Å². The molecule has 0 atom stereocenters. The maximum absolute atomic E-state index is 14.5. The van der Waals surface area contributed by atoms with Crippen LogP contribution < -0.4 is 0 Å². The summed E-state index contributed by atoms with van der Waals surface area (Å²) in [6.07, 6.45) is 2.09. The number of rotatable bonds is 8. The Bertz CT molecular complexity index is 3160. The van der Waals surface area contributed by atoms with Crippen molar-refractivity contribution in [2.75, 3.05) is 0 Å². The number of fused-ring (bicyclic) bond motifs is 2. The molecule has 0 aliphatic carbocycles. The van der Waals surface area contributed by atoms with Crippen LogP contribution in [0.25, 0.3) is 87.8 Å². The van der Waals surface area contributed by atoms with Crippen molar-refractivity contribution in [1.82, 2.24) is 37.7 Å². The summed E-state index contributed by atoms with van der Waals surface area (Å²) in [4.78, 5) is 7.60. The number of halogens is 8. The summed E-state index contributed by atoms with van der Waals surface area (Å²) in [5, 5.41) is 27.8. The largest absolute Gasteiger partial charge is 0.414 e. The standard InChI is InChI=1S/C38H10F8N10OS4/c39-25-23(26(40)34(44)49-33(25)43)15(11-47)9-13-1-3-17(31-29(13)53-60-55-31)19-5-7-21(58-19)37-51-52-38(57-37)22-8-6-20(59-22)18-4-2-14(30-32(18)56-61-54-30)10-16(12-48)24-27(41)35(45)50-36(46)28(24)42/h1-10H. The number of benzene rings is 2. The molecule has 9 rings (SSSR count). The minimum Gasteiger partial charge on any atom is -0.414 e. The molecule has 0 saturated heterocycles. The van der Waals surface area contributed by atoms with Gasteiger partial charge in [-0.05, 0) is 36.4 Å². The molecule has 0 aliphatic rings. The molecule has 0 saturated carbocycles. The molecule has 11 nitrogen and oxygen atoms in total. The van der Waals surface area contributed by atoms with Crippen LogP contribution in [0.3, 0.4) is 0 Å². The lowest BCUT2D eigenvalue weighted by Crippen LogP contribution is -2.05. The molecule has 0 unspecified atom stereocenters. The lowest BCUT2D eigenvalue weighted by molar-refractivity contribution is 0.404. The van der Waals surface area contributed by atoms with Crippen molar-refractivity contribution in [1.29, 1.82) is 10.5 Å². The molecule has 0 aliphatic heterocycles. The lowest BCUT2D eigenvalue weighted by Gasteiger charge is -2.06. The molecule has 23 heteroatoms. The van der Waals surface area contributed by atoms with Crippen molar-refractivity contribution in [3.8, 4) is 54.6 Å². The molecule has 2 aromatic carbocycles. The van der Waals surface area contributed by atoms with Crippen molar-refractivity contribution >= 4 is 91.5 Å². The van der Waals surface area contributed by atoms with Gasteiger partial charge in [0.2, 0.25) is 0 Å². The van der Waals surface area contributed by atoms with Crippen molar-refractivity contribution in [2.24, 2.45) is 0 Å². The minimum atomic E-state index is -1.90. The second-order valence-corrected chi connectivity index (χ2v) is 15.5. The normalized spacial score (nSPS) is 12.1. The van der Waals surface area contributed by atoms with Gasteiger partial charge in [0.05, 0.1) is 67.6 Å². The van der Waals surface area contributed by atoms with E-state index in [0.717, 1.165) is 35.6 Å². The van der Waals surface area contributed by atoms with Crippen LogP contribution in [0.1, 0.15) is 22.3 Å². The van der Waals surface area contributed by atoms with Gasteiger partial charge in [-0.3, -0.25) is 0 Å². The van der Waals surface area contributed by atoms with Gasteiger partial charge in [-0.1, -0.05) is 24.3 Å². The monoisotopic (exact) mass is 902 g/mol. The molecule has 0 bridgehead atoms. The number of allylic oxidation sites excluding steroid dienone is 2. The third-order valence-corrected chi connectivity index (χ3v) is 12.1. The van der Waals surface area contributed by atoms with E-state index in [2.05, 4.69) is 37.7 Å². The molecule has 7 heterocycles. The maximum Gasteiger partial charge on any atom is 0.258 e. The zero-order valence-electron chi connectivity index (χ0n) is 29.3. The van der Waals surface area contributed by atoms with Gasteiger partial charge in [0.25, 0.3) is 35.6 Å². The second-order valence-electron chi connectivity index (χ2n) is 12.3. The summed E-state index contributed by atoms with van der Waals surface area (Å²) < 4.78 is 137. The first-order chi connectivity index (χ1) is 29.4. The highest BCUT2D eigenvalue weighted by molar-refractivity contribution is 7.19. The van der Waals surface area contributed by atoms with Crippen LogP contribution >= 0.6 is 46.1 Å². The van der Waals surface area contributed by atoms with E-state index >= 15 is 0 Å². The fraction of sp³-hybridized carbons (Fsp3) is 0. The van der Waals surface area contributed by atoms with Gasteiger partial charge < -0.3 is 4.42 Å². The summed E-state index contributed by atoms with van der Waals surface area (Å²) >= 11 is 4.21. The van der Waals surface area contributed by atoms with Gasteiger partial charge in [0.15, 0.2) is 23.3 Å². The molecule has 0 radical (unpaired) electrons. The molecule has 298 valence electrons. The van der Waals surface area contributed by atoms with E-state index < -0.39 is 69.3 Å². The number of pyridine rings is 2. The highest BCUT2D eigenvalue weighted by atomic mass is 32.1. The molecule has 9 aromatic rings. The molecular formula is C38H10F8N10OS4. The Morgan fingerprint density at radius 1 is 0.492 bits per heavy atom. The van der Waals surface area contributed by atoms with E-state index in [4.69, 9.17) is 4.42 Å². The van der Waals surface area contributed by atoms with Crippen LogP contribution in [0.4, 0.5) is 35.1 Å². The number of hydrogen-bond acceptors (Lipinski definition) is 15. The average Bonchev–Trinajstić information content (AvgIpc) is 4.11. The van der Waals surface area contributed by atoms with Crippen LogP contribution in [0.2, 0.25) is 0 Å². The SMILES string of the molecule is N#CC(=Cc1ccc(-c2ccc(-c3nnc(-c4ccc(-c5ccc(C=C(C#N)c6c(F)c(F)nc(F)c6F)c6nsnc56)s4)o3)s2)c2nsnc12)c1c(F)c(F)nc(F)c1F. The number of nitriles is 2. The van der Waals surface area contributed by atoms with Crippen LogP contribution in [-0.2, 0) is 0 Å². The number of aromatic nitrogens is 8. The highest BCUT2D eigenvalue weighted by Crippen LogP contribution is 2.42. The predicted octanol–water partition coefficient (Wildman–Crippen LogP) is 10.9. The van der Waals surface area contributed by atoms with Crippen molar-refractivity contribution in [3.05, 3.63) is 118 Å². The smallest absolute Gasteiger partial charge is 0.258 e. The Morgan fingerprint density at radius 3 is 1.23 bits per heavy atom. The molecule has 7 aromatic heterocycles. The third-order valence-electron chi connectivity index (χ3n) is 8.86. The fourth-order valence-electron chi connectivity index (χ4n) is 6.10. The van der Waals surface area contributed by atoms with Gasteiger partial charge in [-0.15, -0.1) is 32.9 Å². The Morgan fingerprint density at radius 2 is 0.852 bits per heavy atom. The van der Waals surface area contributed by atoms with E-state index in [1.54, 1.807) is 48.5 Å². The third kappa shape index (κ3) is 6.78. The van der Waals surface area contributed by atoms with Gasteiger partial charge >= 0.3 is 0 Å². The van der Waals surface area contributed by atoms with Gasteiger partial charge in [-0.25, -0.2) is 17.6 Å². The average molecular weight is 903 g/mol. The van der Waals surface area contributed by atoms with Crippen LogP contribution in [0.5, 0.6) is 0 Å². The topological polar surface area (TPSA) is 164 Å². The summed E-state index contributed by atoms with van der Waals surface area (Å²) in [5.41, 5.74) is -0.976. The summed E-state index contributed by atoms with van der Waals surface area (Å²) in [5.74, 6) is -14.5. The Labute approximate surface area is 350 Å². The first kappa shape index (κ1) is 39.3. The molecule has 0 N–H and O–H groups in total. The fourth-order valence-corrected chi connectivity index (χ4v) is 9.17. The zero-order chi connectivity index (χ0) is 42.7. The molecular weight excluding hydrogens is 893 g/mol. The number of hydrogen-bond donors (Lipinski definition) is 0. The van der Waals surface area contributed by atoms with Crippen LogP contribution in [-0.4, -0.2) is 37.7 Å². The molecule has 61 heavy (non-hydrogen) atoms. The summed E-state index contributed by atoms with van der Waals surface area (Å²) in [7, 11) is 0. The highest BCUT2D eigenvalue weighted by Gasteiger charge is 2.26. The number of nitrogens with zero attached hydrogens (tertiary/aromatic N) is 10. The van der Waals surface area contributed by atoms with Crippen LogP contribution in [0, 0.1) is 69.7 Å². The first-order valence-electron chi connectivity index (χ1n) is 16.6. The van der Waals surface area contributed by atoms with Crippen molar-refractivity contribution in [2.45, 2.75) is 0 Å². The maximum atomic E-state index is 14.5. The summed E-state index contributed by atoms with van der Waals surface area (Å²) in [6.45, 7) is 0. The van der Waals surface area contributed by atoms with Crippen molar-refractivity contribution < 1.29 is 39.5 Å². The quantitative estimate of drug-likeness (QED) is 0.0810. The van der Waals surface area contributed by atoms with Gasteiger partial charge in [-0.2, -0.15) is 55.5 Å². The van der Waals surface area contributed by atoms with Crippen molar-refractivity contribution in [3.63, 3.8) is 0 Å². The minimum absolute atomic E-state index is 0.185. The molecule has 0 spiro atoms.